The molecule has 2 rings (SSSR count). The Morgan fingerprint density at radius 1 is 1.50 bits per heavy atom. The zero-order valence-electron chi connectivity index (χ0n) is 6.95. The molecule has 0 aliphatic rings. The lowest BCUT2D eigenvalue weighted by atomic mass is 10.2. The number of benzene rings is 1. The number of anilines is 1. The molecule has 3 N–H and O–H groups in total. The molecule has 0 fully saturated rings. The number of nitrogens with one attached hydrogen (secondary N) is 1. The van der Waals surface area contributed by atoms with Crippen molar-refractivity contribution in [2.45, 2.75) is 0 Å². The third kappa shape index (κ3) is 1.38. The highest BCUT2D eigenvalue weighted by Crippen LogP contribution is 2.30. The van der Waals surface area contributed by atoms with Gasteiger partial charge >= 0.3 is 5.76 Å². The summed E-state index contributed by atoms with van der Waals surface area (Å²) in [7, 11) is 0. The molecule has 72 valence electrons. The van der Waals surface area contributed by atoms with Gasteiger partial charge in [-0.15, -0.1) is 5.10 Å². The van der Waals surface area contributed by atoms with Crippen LogP contribution in [0.5, 0.6) is 0 Å². The average Bonchev–Trinajstić information content (AvgIpc) is 2.51. The maximum atomic E-state index is 10.7. The summed E-state index contributed by atoms with van der Waals surface area (Å²) < 4.78 is 4.74. The molecule has 0 unspecified atom stereocenters. The molecular formula is C8H6ClN3O2. The molecule has 0 bridgehead atoms. The van der Waals surface area contributed by atoms with Crippen LogP contribution in [0.25, 0.3) is 11.5 Å². The van der Waals surface area contributed by atoms with Gasteiger partial charge < -0.3 is 10.2 Å². The van der Waals surface area contributed by atoms with Crippen molar-refractivity contribution in [2.24, 2.45) is 0 Å². The Morgan fingerprint density at radius 3 is 2.86 bits per heavy atom. The summed E-state index contributed by atoms with van der Waals surface area (Å²) >= 11 is 5.88. The maximum Gasteiger partial charge on any atom is 0.434 e. The quantitative estimate of drug-likeness (QED) is 0.696. The van der Waals surface area contributed by atoms with Crippen molar-refractivity contribution in [1.82, 2.24) is 10.2 Å². The summed E-state index contributed by atoms with van der Waals surface area (Å²) in [5.74, 6) is -0.544. The van der Waals surface area contributed by atoms with Gasteiger partial charge in [-0.3, -0.25) is 0 Å². The van der Waals surface area contributed by atoms with Crippen molar-refractivity contribution < 1.29 is 4.42 Å². The minimum atomic E-state index is -0.640. The number of halogens is 1. The SMILES string of the molecule is Nc1cccc(Cl)c1-c1n[nH]c(=O)o1. The second-order valence-corrected chi connectivity index (χ2v) is 3.03. The van der Waals surface area contributed by atoms with Gasteiger partial charge in [-0.2, -0.15) is 0 Å². The Morgan fingerprint density at radius 2 is 2.29 bits per heavy atom. The maximum absolute atomic E-state index is 10.7. The van der Waals surface area contributed by atoms with Gasteiger partial charge in [0.15, 0.2) is 0 Å². The van der Waals surface area contributed by atoms with E-state index in [0.717, 1.165) is 0 Å². The summed E-state index contributed by atoms with van der Waals surface area (Å²) in [6.07, 6.45) is 0. The molecule has 1 heterocycles. The van der Waals surface area contributed by atoms with Gasteiger partial charge in [0.2, 0.25) is 0 Å². The zero-order chi connectivity index (χ0) is 10.1. The number of hydrogen-bond acceptors (Lipinski definition) is 4. The average molecular weight is 212 g/mol. The van der Waals surface area contributed by atoms with Crippen LogP contribution in [0.1, 0.15) is 0 Å². The van der Waals surface area contributed by atoms with Crippen molar-refractivity contribution in [3.63, 3.8) is 0 Å². The number of nitrogens with zero attached hydrogens (tertiary/aromatic N) is 1. The standard InChI is InChI=1S/C8H6ClN3O2/c9-4-2-1-3-5(10)6(4)7-11-12-8(13)14-7/h1-3H,10H2,(H,12,13). The van der Waals surface area contributed by atoms with Gasteiger partial charge in [-0.25, -0.2) is 9.89 Å². The van der Waals surface area contributed by atoms with Gasteiger partial charge in [0.05, 0.1) is 10.6 Å². The number of H-pyrrole nitrogens is 1. The molecule has 0 atom stereocenters. The number of rotatable bonds is 1. The molecule has 0 radical (unpaired) electrons. The van der Waals surface area contributed by atoms with Crippen LogP contribution < -0.4 is 11.5 Å². The van der Waals surface area contributed by atoms with E-state index in [4.69, 9.17) is 21.8 Å². The fourth-order valence-electron chi connectivity index (χ4n) is 1.10. The molecule has 1 aromatic carbocycles. The van der Waals surface area contributed by atoms with Crippen molar-refractivity contribution >= 4 is 17.3 Å². The van der Waals surface area contributed by atoms with E-state index in [2.05, 4.69) is 10.2 Å². The van der Waals surface area contributed by atoms with Crippen LogP contribution in [-0.4, -0.2) is 10.2 Å². The third-order valence-corrected chi connectivity index (χ3v) is 2.01. The molecule has 0 saturated carbocycles. The smallest absolute Gasteiger partial charge is 0.398 e. The molecule has 14 heavy (non-hydrogen) atoms. The van der Waals surface area contributed by atoms with E-state index in [1.54, 1.807) is 18.2 Å². The number of aromatic amines is 1. The first-order valence-corrected chi connectivity index (χ1v) is 4.16. The summed E-state index contributed by atoms with van der Waals surface area (Å²) in [5.41, 5.74) is 6.50. The van der Waals surface area contributed by atoms with Crippen LogP contribution in [0, 0.1) is 0 Å². The molecule has 1 aromatic heterocycles. The number of hydrogen-bond donors (Lipinski definition) is 2. The monoisotopic (exact) mass is 211 g/mol. The predicted molar refractivity (Wildman–Crippen MR) is 52.0 cm³/mol. The van der Waals surface area contributed by atoms with E-state index in [9.17, 15) is 4.79 Å². The highest BCUT2D eigenvalue weighted by atomic mass is 35.5. The predicted octanol–water partition coefficient (Wildman–Crippen LogP) is 1.27. The highest BCUT2D eigenvalue weighted by molar-refractivity contribution is 6.33. The minimum Gasteiger partial charge on any atom is -0.398 e. The van der Waals surface area contributed by atoms with Gasteiger partial charge in [-0.05, 0) is 12.1 Å². The molecule has 0 aliphatic carbocycles. The number of aromatic nitrogens is 2. The van der Waals surface area contributed by atoms with Crippen molar-refractivity contribution in [3.8, 4) is 11.5 Å². The van der Waals surface area contributed by atoms with Gasteiger partial charge in [-0.1, -0.05) is 17.7 Å². The Hall–Kier alpha value is -1.75. The summed E-state index contributed by atoms with van der Waals surface area (Å²) in [5, 5.41) is 6.16. The summed E-state index contributed by atoms with van der Waals surface area (Å²) in [4.78, 5) is 10.7. The Kier molecular flexibility index (Phi) is 2.01. The number of nitrogens with two attached hydrogens (primary N) is 1. The van der Waals surface area contributed by atoms with E-state index in [1.807, 2.05) is 0 Å². The Bertz CT molecular complexity index is 497. The zero-order valence-corrected chi connectivity index (χ0v) is 7.71. The Labute approximate surface area is 83.5 Å². The second-order valence-electron chi connectivity index (χ2n) is 2.62. The van der Waals surface area contributed by atoms with Crippen LogP contribution in [0.15, 0.2) is 27.4 Å². The Balaban J connectivity index is 2.67. The van der Waals surface area contributed by atoms with Crippen molar-refractivity contribution in [3.05, 3.63) is 33.8 Å². The van der Waals surface area contributed by atoms with E-state index in [1.165, 1.54) is 0 Å². The van der Waals surface area contributed by atoms with Gasteiger partial charge in [0, 0.05) is 5.69 Å². The summed E-state index contributed by atoms with van der Waals surface area (Å²) in [6.45, 7) is 0. The minimum absolute atomic E-state index is 0.0955. The topological polar surface area (TPSA) is 84.9 Å². The molecule has 0 spiro atoms. The number of nitrogen functional groups attached to an aromatic ring is 1. The largest absolute Gasteiger partial charge is 0.434 e. The fraction of sp³-hybridized carbons (Fsp3) is 0. The summed E-state index contributed by atoms with van der Waals surface area (Å²) in [6, 6.07) is 4.99. The fourth-order valence-corrected chi connectivity index (χ4v) is 1.37. The molecule has 0 saturated heterocycles. The molecule has 5 nitrogen and oxygen atoms in total. The van der Waals surface area contributed by atoms with Crippen LogP contribution >= 0.6 is 11.6 Å². The molecule has 0 aliphatic heterocycles. The van der Waals surface area contributed by atoms with Crippen LogP contribution in [0.2, 0.25) is 5.02 Å². The van der Waals surface area contributed by atoms with E-state index in [-0.39, 0.29) is 5.89 Å². The third-order valence-electron chi connectivity index (χ3n) is 1.70. The van der Waals surface area contributed by atoms with Crippen molar-refractivity contribution in [1.29, 1.82) is 0 Å². The lowest BCUT2D eigenvalue weighted by Gasteiger charge is -2.01. The first-order chi connectivity index (χ1) is 6.68. The molecule has 6 heteroatoms. The van der Waals surface area contributed by atoms with E-state index >= 15 is 0 Å². The van der Waals surface area contributed by atoms with Crippen LogP contribution in [0.4, 0.5) is 5.69 Å². The van der Waals surface area contributed by atoms with Gasteiger partial charge in [0.25, 0.3) is 5.89 Å². The van der Waals surface area contributed by atoms with E-state index in [0.29, 0.717) is 16.3 Å². The molecule has 0 amide bonds. The molecular weight excluding hydrogens is 206 g/mol. The highest BCUT2D eigenvalue weighted by Gasteiger charge is 2.12. The lowest BCUT2D eigenvalue weighted by molar-refractivity contribution is 0.527. The molecule has 2 aromatic rings. The van der Waals surface area contributed by atoms with Crippen molar-refractivity contribution in [2.75, 3.05) is 5.73 Å². The lowest BCUT2D eigenvalue weighted by Crippen LogP contribution is -1.93. The van der Waals surface area contributed by atoms with Gasteiger partial charge in [0.1, 0.15) is 0 Å². The van der Waals surface area contributed by atoms with Crippen LogP contribution in [0.3, 0.4) is 0 Å². The van der Waals surface area contributed by atoms with Crippen LogP contribution in [-0.2, 0) is 0 Å². The second kappa shape index (κ2) is 3.19. The van der Waals surface area contributed by atoms with E-state index < -0.39 is 5.76 Å². The first-order valence-electron chi connectivity index (χ1n) is 3.78. The normalized spacial score (nSPS) is 10.4. The first kappa shape index (κ1) is 8.83.